The summed E-state index contributed by atoms with van der Waals surface area (Å²) in [5, 5.41) is 11.1. The lowest BCUT2D eigenvalue weighted by Crippen LogP contribution is -1.96. The molecular weight excluding hydrogens is 282 g/mol. The minimum Gasteiger partial charge on any atom is -0.448 e. The van der Waals surface area contributed by atoms with Crippen LogP contribution in [0.1, 0.15) is 15.9 Å². The molecule has 0 aliphatic carbocycles. The number of ether oxygens (including phenoxy) is 1. The van der Waals surface area contributed by atoms with Gasteiger partial charge in [0.25, 0.3) is 0 Å². The van der Waals surface area contributed by atoms with Crippen LogP contribution in [0.5, 0.6) is 11.5 Å². The highest BCUT2D eigenvalue weighted by Gasteiger charge is 2.19. The van der Waals surface area contributed by atoms with Gasteiger partial charge < -0.3 is 4.74 Å². The summed E-state index contributed by atoms with van der Waals surface area (Å²) in [7, 11) is 0. The van der Waals surface area contributed by atoms with Crippen LogP contribution >= 0.6 is 11.6 Å². The molecule has 20 heavy (non-hydrogen) atoms. The van der Waals surface area contributed by atoms with E-state index in [1.807, 2.05) is 0 Å². The van der Waals surface area contributed by atoms with Gasteiger partial charge in [0.15, 0.2) is 0 Å². The van der Waals surface area contributed by atoms with Gasteiger partial charge >= 0.3 is 5.69 Å². The molecule has 5 nitrogen and oxygen atoms in total. The SMILES string of the molecule is Cc1ccc(C=O)cc1Oc1c(Cl)cccc1[N+](=O)[O-]. The molecule has 0 heterocycles. The van der Waals surface area contributed by atoms with Crippen molar-refractivity contribution in [3.63, 3.8) is 0 Å². The van der Waals surface area contributed by atoms with Gasteiger partial charge in [-0.2, -0.15) is 0 Å². The predicted octanol–water partition coefficient (Wildman–Crippen LogP) is 4.16. The van der Waals surface area contributed by atoms with Crippen molar-refractivity contribution in [2.45, 2.75) is 6.92 Å². The fourth-order valence-electron chi connectivity index (χ4n) is 1.65. The van der Waals surface area contributed by atoms with Gasteiger partial charge in [-0.05, 0) is 24.6 Å². The Morgan fingerprint density at radius 2 is 2.05 bits per heavy atom. The third-order valence-corrected chi connectivity index (χ3v) is 3.00. The van der Waals surface area contributed by atoms with Crippen LogP contribution in [0.25, 0.3) is 0 Å². The van der Waals surface area contributed by atoms with E-state index in [4.69, 9.17) is 16.3 Å². The number of carbonyl (C=O) groups excluding carboxylic acids is 1. The van der Waals surface area contributed by atoms with Gasteiger partial charge in [0.1, 0.15) is 12.0 Å². The van der Waals surface area contributed by atoms with E-state index >= 15 is 0 Å². The third kappa shape index (κ3) is 2.78. The lowest BCUT2D eigenvalue weighted by molar-refractivity contribution is -0.385. The van der Waals surface area contributed by atoms with Crippen molar-refractivity contribution in [3.05, 3.63) is 62.7 Å². The van der Waals surface area contributed by atoms with E-state index in [9.17, 15) is 14.9 Å². The smallest absolute Gasteiger partial charge is 0.313 e. The molecule has 0 atom stereocenters. The first kappa shape index (κ1) is 14.0. The van der Waals surface area contributed by atoms with E-state index in [1.54, 1.807) is 19.1 Å². The van der Waals surface area contributed by atoms with E-state index in [1.165, 1.54) is 24.3 Å². The van der Waals surface area contributed by atoms with Crippen LogP contribution in [-0.2, 0) is 0 Å². The van der Waals surface area contributed by atoms with Crippen LogP contribution in [0.2, 0.25) is 5.02 Å². The van der Waals surface area contributed by atoms with Crippen molar-refractivity contribution < 1.29 is 14.5 Å². The second-order valence-corrected chi connectivity index (χ2v) is 4.50. The first-order valence-corrected chi connectivity index (χ1v) is 6.07. The molecule has 6 heteroatoms. The second-order valence-electron chi connectivity index (χ2n) is 4.09. The molecule has 2 aromatic rings. The minimum atomic E-state index is -0.569. The highest BCUT2D eigenvalue weighted by atomic mass is 35.5. The van der Waals surface area contributed by atoms with Crippen LogP contribution in [0, 0.1) is 17.0 Å². The van der Waals surface area contributed by atoms with Gasteiger partial charge in [0, 0.05) is 11.6 Å². The Morgan fingerprint density at radius 3 is 2.70 bits per heavy atom. The molecule has 0 N–H and O–H groups in total. The van der Waals surface area contributed by atoms with Crippen LogP contribution < -0.4 is 4.74 Å². The molecule has 0 unspecified atom stereocenters. The number of aldehydes is 1. The number of hydrogen-bond donors (Lipinski definition) is 0. The summed E-state index contributed by atoms with van der Waals surface area (Å²) in [6.45, 7) is 1.77. The zero-order valence-electron chi connectivity index (χ0n) is 10.5. The Morgan fingerprint density at radius 1 is 1.30 bits per heavy atom. The molecular formula is C14H10ClNO4. The standard InChI is InChI=1S/C14H10ClNO4/c1-9-5-6-10(8-17)7-13(9)20-14-11(15)3-2-4-12(14)16(18)19/h2-8H,1H3. The second kappa shape index (κ2) is 5.71. The van der Waals surface area contributed by atoms with E-state index < -0.39 is 4.92 Å². The normalized spacial score (nSPS) is 10.1. The van der Waals surface area contributed by atoms with Crippen molar-refractivity contribution in [2.75, 3.05) is 0 Å². The lowest BCUT2D eigenvalue weighted by atomic mass is 10.1. The fourth-order valence-corrected chi connectivity index (χ4v) is 1.86. The summed E-state index contributed by atoms with van der Waals surface area (Å²) in [5.41, 5.74) is 0.929. The quantitative estimate of drug-likeness (QED) is 0.482. The molecule has 0 saturated carbocycles. The number of nitrogens with zero attached hydrogens (tertiary/aromatic N) is 1. The Labute approximate surface area is 119 Å². The number of hydrogen-bond acceptors (Lipinski definition) is 4. The topological polar surface area (TPSA) is 69.4 Å². The summed E-state index contributed by atoms with van der Waals surface area (Å²) in [5.74, 6) is 0.316. The molecule has 2 rings (SSSR count). The maximum absolute atomic E-state index is 11.0. The molecule has 0 radical (unpaired) electrons. The molecule has 0 amide bonds. The average Bonchev–Trinajstić information content (AvgIpc) is 2.43. The Kier molecular flexibility index (Phi) is 4.00. The molecule has 0 fully saturated rings. The van der Waals surface area contributed by atoms with Crippen molar-refractivity contribution in [3.8, 4) is 11.5 Å². The molecule has 0 aliphatic rings. The molecule has 102 valence electrons. The minimum absolute atomic E-state index is 0.0367. The van der Waals surface area contributed by atoms with E-state index in [0.717, 1.165) is 5.56 Å². The molecule has 0 spiro atoms. The van der Waals surface area contributed by atoms with Gasteiger partial charge in [0.05, 0.1) is 9.95 Å². The first-order chi connectivity index (χ1) is 9.52. The summed E-state index contributed by atoms with van der Waals surface area (Å²) >= 11 is 5.95. The number of para-hydroxylation sites is 1. The van der Waals surface area contributed by atoms with Gasteiger partial charge in [-0.15, -0.1) is 0 Å². The number of carbonyl (C=O) groups is 1. The van der Waals surface area contributed by atoms with Crippen molar-refractivity contribution in [1.82, 2.24) is 0 Å². The zero-order valence-corrected chi connectivity index (χ0v) is 11.3. The fraction of sp³-hybridized carbons (Fsp3) is 0.0714. The summed E-state index contributed by atoms with van der Waals surface area (Å²) in [6.07, 6.45) is 0.674. The van der Waals surface area contributed by atoms with Gasteiger partial charge in [-0.25, -0.2) is 0 Å². The van der Waals surface area contributed by atoms with Crippen molar-refractivity contribution in [1.29, 1.82) is 0 Å². The summed E-state index contributed by atoms with van der Waals surface area (Å²) < 4.78 is 5.54. The van der Waals surface area contributed by atoms with Crippen molar-refractivity contribution >= 4 is 23.6 Å². The highest BCUT2D eigenvalue weighted by Crippen LogP contribution is 2.38. The van der Waals surface area contributed by atoms with Gasteiger partial charge in [0.2, 0.25) is 5.75 Å². The molecule has 0 aliphatic heterocycles. The number of rotatable bonds is 4. The summed E-state index contributed by atoms with van der Waals surface area (Å²) in [4.78, 5) is 21.2. The Bertz CT molecular complexity index is 685. The van der Waals surface area contributed by atoms with Crippen LogP contribution in [0.4, 0.5) is 5.69 Å². The Balaban J connectivity index is 2.49. The first-order valence-electron chi connectivity index (χ1n) is 5.69. The van der Waals surface area contributed by atoms with Gasteiger partial charge in [-0.3, -0.25) is 14.9 Å². The lowest BCUT2D eigenvalue weighted by Gasteiger charge is -2.10. The van der Waals surface area contributed by atoms with Crippen LogP contribution in [0.15, 0.2) is 36.4 Å². The van der Waals surface area contributed by atoms with Crippen LogP contribution in [-0.4, -0.2) is 11.2 Å². The largest absolute Gasteiger partial charge is 0.448 e. The number of nitro groups is 1. The van der Waals surface area contributed by atoms with E-state index in [0.29, 0.717) is 17.6 Å². The predicted molar refractivity (Wildman–Crippen MR) is 74.7 cm³/mol. The maximum Gasteiger partial charge on any atom is 0.313 e. The zero-order chi connectivity index (χ0) is 14.7. The monoisotopic (exact) mass is 291 g/mol. The molecule has 2 aromatic carbocycles. The highest BCUT2D eigenvalue weighted by molar-refractivity contribution is 6.32. The average molecular weight is 292 g/mol. The van der Waals surface area contributed by atoms with E-state index in [-0.39, 0.29) is 16.5 Å². The van der Waals surface area contributed by atoms with Crippen molar-refractivity contribution in [2.24, 2.45) is 0 Å². The maximum atomic E-state index is 11.0. The third-order valence-electron chi connectivity index (χ3n) is 2.70. The van der Waals surface area contributed by atoms with Gasteiger partial charge in [-0.1, -0.05) is 29.8 Å². The van der Waals surface area contributed by atoms with Crippen LogP contribution in [0.3, 0.4) is 0 Å². The summed E-state index contributed by atoms with van der Waals surface area (Å²) in [6, 6.07) is 9.12. The number of benzene rings is 2. The number of aryl methyl sites for hydroxylation is 1. The Hall–Kier alpha value is -2.40. The number of nitro benzene ring substituents is 1. The number of halogens is 1. The molecule has 0 aromatic heterocycles. The van der Waals surface area contributed by atoms with E-state index in [2.05, 4.69) is 0 Å². The molecule has 0 saturated heterocycles. The molecule has 0 bridgehead atoms.